The highest BCUT2D eigenvalue weighted by Crippen LogP contribution is 2.30. The molecular weight excluding hydrogens is 491 g/mol. The van der Waals surface area contributed by atoms with Crippen molar-refractivity contribution in [3.05, 3.63) is 63.8 Å². The average molecular weight is 518 g/mol. The Bertz CT molecular complexity index is 1440. The Morgan fingerprint density at radius 3 is 2.59 bits per heavy atom. The zero-order valence-corrected chi connectivity index (χ0v) is 20.2. The molecule has 1 saturated heterocycles. The Morgan fingerprint density at radius 1 is 1.22 bits per heavy atom. The van der Waals surface area contributed by atoms with Crippen LogP contribution in [0.15, 0.2) is 35.3 Å². The molecule has 3 aromatic rings. The van der Waals surface area contributed by atoms with Crippen LogP contribution in [0.1, 0.15) is 37.0 Å². The Morgan fingerprint density at radius 2 is 1.95 bits per heavy atom. The normalized spacial score (nSPS) is 17.1. The molecule has 37 heavy (non-hydrogen) atoms. The third-order valence-corrected chi connectivity index (χ3v) is 6.72. The van der Waals surface area contributed by atoms with Gasteiger partial charge in [-0.15, -0.1) is 0 Å². The van der Waals surface area contributed by atoms with Gasteiger partial charge in [0.15, 0.2) is 11.6 Å². The number of nitrogens with two attached hydrogens (primary N) is 1. The molecule has 196 valence electrons. The number of anilines is 1. The lowest BCUT2D eigenvalue weighted by molar-refractivity contribution is -0.124. The van der Waals surface area contributed by atoms with Crippen LogP contribution in [-0.2, 0) is 4.79 Å². The number of carbonyl (C=O) groups is 2. The summed E-state index contributed by atoms with van der Waals surface area (Å²) in [5.74, 6) is -4.85. The van der Waals surface area contributed by atoms with Crippen molar-refractivity contribution in [3.63, 3.8) is 0 Å². The minimum absolute atomic E-state index is 0.0172. The predicted molar refractivity (Wildman–Crippen MR) is 130 cm³/mol. The summed E-state index contributed by atoms with van der Waals surface area (Å²) in [5.41, 5.74) is 3.67. The molecule has 4 N–H and O–H groups in total. The van der Waals surface area contributed by atoms with E-state index in [2.05, 4.69) is 10.3 Å². The number of hydrogen-bond donors (Lipinski definition) is 3. The fourth-order valence-electron chi connectivity index (χ4n) is 4.35. The van der Waals surface area contributed by atoms with Crippen LogP contribution in [-0.4, -0.2) is 51.5 Å². The van der Waals surface area contributed by atoms with E-state index in [4.69, 9.17) is 5.73 Å². The van der Waals surface area contributed by atoms with Crippen molar-refractivity contribution in [2.24, 2.45) is 11.7 Å². The van der Waals surface area contributed by atoms with Gasteiger partial charge < -0.3 is 21.1 Å². The summed E-state index contributed by atoms with van der Waals surface area (Å²) in [5, 5.41) is 12.3. The maximum Gasteiger partial charge on any atom is 0.341 e. The molecule has 1 fully saturated rings. The van der Waals surface area contributed by atoms with Crippen LogP contribution in [0.3, 0.4) is 0 Å². The van der Waals surface area contributed by atoms with Crippen LogP contribution in [0.5, 0.6) is 0 Å². The average Bonchev–Trinajstić information content (AvgIpc) is 3.31. The van der Waals surface area contributed by atoms with E-state index in [1.807, 2.05) is 13.8 Å². The van der Waals surface area contributed by atoms with Crippen molar-refractivity contribution in [1.29, 1.82) is 0 Å². The van der Waals surface area contributed by atoms with E-state index >= 15 is 4.39 Å². The Labute approximate surface area is 209 Å². The van der Waals surface area contributed by atoms with Crippen molar-refractivity contribution in [1.82, 2.24) is 14.7 Å². The number of nitrogens with zero attached hydrogens (tertiary/aromatic N) is 3. The van der Waals surface area contributed by atoms with Crippen molar-refractivity contribution >= 4 is 23.3 Å². The number of carboxylic acid groups (broad SMARTS) is 1. The van der Waals surface area contributed by atoms with Gasteiger partial charge in [-0.1, -0.05) is 20.3 Å². The first-order chi connectivity index (χ1) is 17.5. The largest absolute Gasteiger partial charge is 0.477 e. The highest BCUT2D eigenvalue weighted by molar-refractivity contribution is 5.91. The number of carbonyl (C=O) groups excluding carboxylic acids is 1. The Balaban J connectivity index is 1.75. The molecule has 1 aliphatic rings. The SMILES string of the molecule is CC[C@H](C)[C@H](N)C(=O)N[C@H]1CCN(c2nc3c(-c4ccc(F)cc4F)cc(C(=O)O)c(=O)n3cc2F)C1. The van der Waals surface area contributed by atoms with E-state index in [9.17, 15) is 28.3 Å². The van der Waals surface area contributed by atoms with Crippen molar-refractivity contribution in [2.75, 3.05) is 18.0 Å². The van der Waals surface area contributed by atoms with Crippen LogP contribution >= 0.6 is 0 Å². The summed E-state index contributed by atoms with van der Waals surface area (Å²) >= 11 is 0. The molecule has 1 amide bonds. The molecule has 0 spiro atoms. The number of rotatable bonds is 7. The minimum atomic E-state index is -1.60. The van der Waals surface area contributed by atoms with E-state index in [1.54, 1.807) is 4.90 Å². The van der Waals surface area contributed by atoms with Gasteiger partial charge >= 0.3 is 5.97 Å². The van der Waals surface area contributed by atoms with Gasteiger partial charge in [-0.25, -0.2) is 22.9 Å². The first-order valence-electron chi connectivity index (χ1n) is 11.8. The molecule has 0 radical (unpaired) electrons. The van der Waals surface area contributed by atoms with Gasteiger partial charge in [-0.2, -0.15) is 0 Å². The lowest BCUT2D eigenvalue weighted by Gasteiger charge is -2.22. The smallest absolute Gasteiger partial charge is 0.341 e. The number of carboxylic acids is 1. The molecule has 0 aliphatic carbocycles. The number of aromatic nitrogens is 2. The van der Waals surface area contributed by atoms with E-state index in [0.29, 0.717) is 23.4 Å². The number of aromatic carboxylic acids is 1. The number of nitrogens with one attached hydrogen (secondary N) is 1. The van der Waals surface area contributed by atoms with Gasteiger partial charge in [0, 0.05) is 36.3 Å². The lowest BCUT2D eigenvalue weighted by atomic mass is 9.99. The topological polar surface area (TPSA) is 130 Å². The molecule has 3 atom stereocenters. The number of fused-ring (bicyclic) bond motifs is 1. The van der Waals surface area contributed by atoms with Crippen LogP contribution in [0, 0.1) is 23.4 Å². The molecule has 1 aromatic carbocycles. The maximum atomic E-state index is 15.2. The molecular formula is C25H26F3N5O4. The molecule has 4 rings (SSSR count). The number of pyridine rings is 1. The van der Waals surface area contributed by atoms with E-state index < -0.39 is 40.6 Å². The zero-order chi connectivity index (χ0) is 27.0. The van der Waals surface area contributed by atoms with Gasteiger partial charge in [0.05, 0.1) is 12.2 Å². The third-order valence-electron chi connectivity index (χ3n) is 6.72. The third kappa shape index (κ3) is 5.01. The second kappa shape index (κ2) is 10.2. The molecule has 9 nitrogen and oxygen atoms in total. The van der Waals surface area contributed by atoms with Crippen LogP contribution < -0.4 is 21.5 Å². The van der Waals surface area contributed by atoms with Crippen molar-refractivity contribution in [3.8, 4) is 11.1 Å². The number of benzene rings is 1. The number of amides is 1. The quantitative estimate of drug-likeness (QED) is 0.439. The summed E-state index contributed by atoms with van der Waals surface area (Å²) < 4.78 is 44.0. The highest BCUT2D eigenvalue weighted by Gasteiger charge is 2.30. The van der Waals surface area contributed by atoms with Crippen LogP contribution in [0.25, 0.3) is 16.8 Å². The van der Waals surface area contributed by atoms with Gasteiger partial charge in [-0.3, -0.25) is 14.0 Å². The highest BCUT2D eigenvalue weighted by atomic mass is 19.1. The van der Waals surface area contributed by atoms with Crippen molar-refractivity contribution < 1.29 is 27.9 Å². The second-order valence-corrected chi connectivity index (χ2v) is 9.16. The monoisotopic (exact) mass is 517 g/mol. The van der Waals surface area contributed by atoms with Gasteiger partial charge in [0.1, 0.15) is 22.8 Å². The lowest BCUT2D eigenvalue weighted by Crippen LogP contribution is -2.49. The number of hydrogen-bond acceptors (Lipinski definition) is 6. The maximum absolute atomic E-state index is 15.2. The van der Waals surface area contributed by atoms with E-state index in [1.165, 1.54) is 0 Å². The first-order valence-corrected chi connectivity index (χ1v) is 11.8. The fraction of sp³-hybridized carbons (Fsp3) is 0.360. The number of halogens is 3. The molecule has 3 heterocycles. The minimum Gasteiger partial charge on any atom is -0.477 e. The van der Waals surface area contributed by atoms with Gasteiger partial charge in [0.2, 0.25) is 5.91 Å². The molecule has 0 unspecified atom stereocenters. The van der Waals surface area contributed by atoms with Crippen LogP contribution in [0.4, 0.5) is 19.0 Å². The summed E-state index contributed by atoms with van der Waals surface area (Å²) in [7, 11) is 0. The van der Waals surface area contributed by atoms with Gasteiger partial charge in [-0.05, 0) is 30.5 Å². The summed E-state index contributed by atoms with van der Waals surface area (Å²) in [4.78, 5) is 42.7. The molecule has 1 aliphatic heterocycles. The zero-order valence-electron chi connectivity index (χ0n) is 20.2. The summed E-state index contributed by atoms with van der Waals surface area (Å²) in [6.45, 7) is 4.33. The molecule has 0 saturated carbocycles. The standard InChI is InChI=1S/C25H26F3N5O4/c1-3-12(2)20(29)23(34)30-14-6-7-32(10-14)22-19(28)11-33-21(31-22)16(9-17(24(33)35)25(36)37)15-5-4-13(26)8-18(15)27/h4-5,8-9,11-12,14,20H,3,6-7,10,29H2,1-2H3,(H,30,34)(H,36,37)/t12-,14-,20-/m0/s1. The molecule has 2 aromatic heterocycles. The van der Waals surface area contributed by atoms with Crippen molar-refractivity contribution in [2.45, 2.75) is 38.8 Å². The van der Waals surface area contributed by atoms with E-state index in [-0.39, 0.29) is 47.0 Å². The summed E-state index contributed by atoms with van der Waals surface area (Å²) in [6, 6.07) is 2.60. The molecule has 12 heteroatoms. The van der Waals surface area contributed by atoms with Gasteiger partial charge in [0.25, 0.3) is 5.56 Å². The Hall–Kier alpha value is -3.93. The first kappa shape index (κ1) is 26.1. The molecule has 0 bridgehead atoms. The van der Waals surface area contributed by atoms with E-state index in [0.717, 1.165) is 30.8 Å². The fourth-order valence-corrected chi connectivity index (χ4v) is 4.35. The summed E-state index contributed by atoms with van der Waals surface area (Å²) in [6.07, 6.45) is 2.01. The van der Waals surface area contributed by atoms with Crippen LogP contribution in [0.2, 0.25) is 0 Å². The predicted octanol–water partition coefficient (Wildman–Crippen LogP) is 2.55. The second-order valence-electron chi connectivity index (χ2n) is 9.16. The Kier molecular flexibility index (Phi) is 7.21.